The molecule has 154 valence electrons. The molecule has 6 nitrogen and oxygen atoms in total. The maximum absolute atomic E-state index is 12.5. The Morgan fingerprint density at radius 1 is 1.14 bits per heavy atom. The molecule has 1 aliphatic rings. The molecule has 1 aliphatic heterocycles. The van der Waals surface area contributed by atoms with Crippen LogP contribution in [0.25, 0.3) is 0 Å². The molecule has 0 N–H and O–H groups in total. The summed E-state index contributed by atoms with van der Waals surface area (Å²) in [6.45, 7) is 3.11. The van der Waals surface area contributed by atoms with Crippen molar-refractivity contribution in [1.82, 2.24) is 9.80 Å². The summed E-state index contributed by atoms with van der Waals surface area (Å²) in [5.41, 5.74) is 1.02. The Hall–Kier alpha value is -2.67. The van der Waals surface area contributed by atoms with Gasteiger partial charge in [-0.2, -0.15) is 0 Å². The van der Waals surface area contributed by atoms with Crippen molar-refractivity contribution in [1.29, 1.82) is 0 Å². The van der Waals surface area contributed by atoms with Crippen LogP contribution in [0.4, 0.5) is 0 Å². The standard InChI is InChI=1S/C22H26N2O4S/c1-16(20(25)23(2)15-17-7-4-3-5-8-17)28-22(27)18-10-12-24(13-11-18)21(26)19-9-6-14-29-19/h3-9,14,16,18H,10-13,15H2,1-2H3. The van der Waals surface area contributed by atoms with Crippen molar-refractivity contribution in [2.45, 2.75) is 32.4 Å². The number of nitrogens with zero attached hydrogens (tertiary/aromatic N) is 2. The lowest BCUT2D eigenvalue weighted by Crippen LogP contribution is -2.42. The van der Waals surface area contributed by atoms with Gasteiger partial charge in [0.1, 0.15) is 0 Å². The number of carbonyl (C=O) groups is 3. The summed E-state index contributed by atoms with van der Waals surface area (Å²) >= 11 is 1.42. The van der Waals surface area contributed by atoms with Gasteiger partial charge in [0, 0.05) is 26.7 Å². The molecule has 1 fully saturated rings. The van der Waals surface area contributed by atoms with Gasteiger partial charge < -0.3 is 14.5 Å². The van der Waals surface area contributed by atoms with E-state index in [9.17, 15) is 14.4 Å². The van der Waals surface area contributed by atoms with Crippen LogP contribution in [-0.2, 0) is 20.9 Å². The first-order valence-electron chi connectivity index (χ1n) is 9.78. The molecule has 29 heavy (non-hydrogen) atoms. The summed E-state index contributed by atoms with van der Waals surface area (Å²) < 4.78 is 5.45. The highest BCUT2D eigenvalue weighted by Gasteiger charge is 2.31. The van der Waals surface area contributed by atoms with E-state index in [1.807, 2.05) is 47.8 Å². The van der Waals surface area contributed by atoms with Crippen molar-refractivity contribution in [3.63, 3.8) is 0 Å². The van der Waals surface area contributed by atoms with E-state index in [-0.39, 0.29) is 23.7 Å². The minimum atomic E-state index is -0.831. The van der Waals surface area contributed by atoms with Crippen LogP contribution in [-0.4, -0.2) is 53.8 Å². The molecule has 1 saturated heterocycles. The van der Waals surface area contributed by atoms with E-state index in [1.54, 1.807) is 23.8 Å². The summed E-state index contributed by atoms with van der Waals surface area (Å²) in [5, 5.41) is 1.88. The first kappa shape index (κ1) is 21.0. The van der Waals surface area contributed by atoms with Crippen LogP contribution in [0.2, 0.25) is 0 Å². The largest absolute Gasteiger partial charge is 0.452 e. The van der Waals surface area contributed by atoms with Crippen LogP contribution in [0, 0.1) is 5.92 Å². The van der Waals surface area contributed by atoms with Crippen molar-refractivity contribution in [3.8, 4) is 0 Å². The third-order valence-electron chi connectivity index (χ3n) is 5.13. The summed E-state index contributed by atoms with van der Waals surface area (Å²) in [5.74, 6) is -0.857. The predicted octanol–water partition coefficient (Wildman–Crippen LogP) is 3.19. The molecule has 2 amide bonds. The molecule has 0 saturated carbocycles. The average Bonchev–Trinajstić information content (AvgIpc) is 3.28. The fraction of sp³-hybridized carbons (Fsp3) is 0.409. The Morgan fingerprint density at radius 3 is 2.45 bits per heavy atom. The molecule has 7 heteroatoms. The monoisotopic (exact) mass is 414 g/mol. The average molecular weight is 415 g/mol. The first-order valence-corrected chi connectivity index (χ1v) is 10.7. The molecule has 2 heterocycles. The topological polar surface area (TPSA) is 66.9 Å². The quantitative estimate of drug-likeness (QED) is 0.681. The molecule has 0 bridgehead atoms. The minimum Gasteiger partial charge on any atom is -0.452 e. The normalized spacial score (nSPS) is 15.6. The van der Waals surface area contributed by atoms with Gasteiger partial charge in [0.2, 0.25) is 0 Å². The second-order valence-electron chi connectivity index (χ2n) is 7.30. The smallest absolute Gasteiger partial charge is 0.309 e. The lowest BCUT2D eigenvalue weighted by molar-refractivity contribution is -0.163. The maximum Gasteiger partial charge on any atom is 0.309 e. The zero-order chi connectivity index (χ0) is 20.8. The van der Waals surface area contributed by atoms with E-state index in [1.165, 1.54) is 11.3 Å². The van der Waals surface area contributed by atoms with E-state index < -0.39 is 6.10 Å². The van der Waals surface area contributed by atoms with Crippen molar-refractivity contribution < 1.29 is 19.1 Å². The van der Waals surface area contributed by atoms with E-state index >= 15 is 0 Å². The fourth-order valence-electron chi connectivity index (χ4n) is 3.44. The van der Waals surface area contributed by atoms with Gasteiger partial charge in [-0.3, -0.25) is 14.4 Å². The molecule has 2 aromatic rings. The lowest BCUT2D eigenvalue weighted by Gasteiger charge is -2.31. The Bertz CT molecular complexity index is 830. The molecular formula is C22H26N2O4S. The zero-order valence-electron chi connectivity index (χ0n) is 16.7. The SMILES string of the molecule is CC(OC(=O)C1CCN(C(=O)c2cccs2)CC1)C(=O)N(C)Cc1ccccc1. The van der Waals surface area contributed by atoms with Gasteiger partial charge >= 0.3 is 5.97 Å². The van der Waals surface area contributed by atoms with E-state index in [0.717, 1.165) is 5.56 Å². The highest BCUT2D eigenvalue weighted by atomic mass is 32.1. The number of hydrogen-bond acceptors (Lipinski definition) is 5. The summed E-state index contributed by atoms with van der Waals surface area (Å²) in [6, 6.07) is 13.3. The Balaban J connectivity index is 1.46. The molecule has 0 radical (unpaired) electrons. The predicted molar refractivity (Wildman–Crippen MR) is 111 cm³/mol. The van der Waals surface area contributed by atoms with Crippen molar-refractivity contribution >= 4 is 29.1 Å². The number of carbonyl (C=O) groups excluding carboxylic acids is 3. The molecule has 0 aliphatic carbocycles. The number of esters is 1. The van der Waals surface area contributed by atoms with Crippen molar-refractivity contribution in [2.75, 3.05) is 20.1 Å². The number of benzene rings is 1. The van der Waals surface area contributed by atoms with Gasteiger partial charge in [-0.25, -0.2) is 0 Å². The van der Waals surface area contributed by atoms with Gasteiger partial charge in [-0.05, 0) is 36.8 Å². The number of likely N-dealkylation sites (tertiary alicyclic amines) is 1. The molecule has 1 aromatic carbocycles. The molecule has 1 atom stereocenters. The number of amides is 2. The van der Waals surface area contributed by atoms with Crippen LogP contribution in [0.15, 0.2) is 47.8 Å². The lowest BCUT2D eigenvalue weighted by atomic mass is 9.97. The molecule has 1 unspecified atom stereocenters. The van der Waals surface area contributed by atoms with Crippen LogP contribution >= 0.6 is 11.3 Å². The second-order valence-corrected chi connectivity index (χ2v) is 8.25. The van der Waals surface area contributed by atoms with Gasteiger partial charge in [-0.1, -0.05) is 36.4 Å². The number of rotatable bonds is 6. The number of thiophene rings is 1. The summed E-state index contributed by atoms with van der Waals surface area (Å²) in [7, 11) is 1.70. The van der Waals surface area contributed by atoms with Gasteiger partial charge in [0.05, 0.1) is 10.8 Å². The fourth-order valence-corrected chi connectivity index (χ4v) is 4.13. The number of ether oxygens (including phenoxy) is 1. The van der Waals surface area contributed by atoms with Crippen LogP contribution < -0.4 is 0 Å². The maximum atomic E-state index is 12.5. The first-order chi connectivity index (χ1) is 14.0. The Morgan fingerprint density at radius 2 is 1.83 bits per heavy atom. The van der Waals surface area contributed by atoms with Crippen LogP contribution in [0.3, 0.4) is 0 Å². The second kappa shape index (κ2) is 9.69. The zero-order valence-corrected chi connectivity index (χ0v) is 17.6. The van der Waals surface area contributed by atoms with Crippen LogP contribution in [0.1, 0.15) is 35.0 Å². The number of likely N-dealkylation sites (N-methyl/N-ethyl adjacent to an activating group) is 1. The Kier molecular flexibility index (Phi) is 7.04. The summed E-state index contributed by atoms with van der Waals surface area (Å²) in [6.07, 6.45) is 0.273. The van der Waals surface area contributed by atoms with Gasteiger partial charge in [0.15, 0.2) is 6.10 Å². The van der Waals surface area contributed by atoms with Gasteiger partial charge in [0.25, 0.3) is 11.8 Å². The molecule has 0 spiro atoms. The Labute approximate surface area is 175 Å². The van der Waals surface area contributed by atoms with Crippen molar-refractivity contribution in [2.24, 2.45) is 5.92 Å². The number of piperidine rings is 1. The number of hydrogen-bond donors (Lipinski definition) is 0. The minimum absolute atomic E-state index is 0.0119. The molecule has 1 aromatic heterocycles. The van der Waals surface area contributed by atoms with Crippen molar-refractivity contribution in [3.05, 3.63) is 58.3 Å². The molecule has 3 rings (SSSR count). The molecular weight excluding hydrogens is 388 g/mol. The van der Waals surface area contributed by atoms with E-state index in [2.05, 4.69) is 0 Å². The highest BCUT2D eigenvalue weighted by Crippen LogP contribution is 2.22. The van der Waals surface area contributed by atoms with E-state index in [0.29, 0.717) is 37.4 Å². The highest BCUT2D eigenvalue weighted by molar-refractivity contribution is 7.12. The third kappa shape index (κ3) is 5.44. The third-order valence-corrected chi connectivity index (χ3v) is 5.98. The van der Waals surface area contributed by atoms with Crippen LogP contribution in [0.5, 0.6) is 0 Å². The summed E-state index contributed by atoms with van der Waals surface area (Å²) in [4.78, 5) is 41.5. The van der Waals surface area contributed by atoms with Gasteiger partial charge in [-0.15, -0.1) is 11.3 Å². The van der Waals surface area contributed by atoms with E-state index in [4.69, 9.17) is 4.74 Å².